The molecule has 2 aromatic carbocycles. The second kappa shape index (κ2) is 9.70. The number of thioether (sulfide) groups is 1. The summed E-state index contributed by atoms with van der Waals surface area (Å²) >= 11 is 0.978. The first kappa shape index (κ1) is 21.1. The van der Waals surface area contributed by atoms with Crippen LogP contribution in [0.5, 0.6) is 5.75 Å². The van der Waals surface area contributed by atoms with E-state index in [9.17, 15) is 19.5 Å². The molecule has 1 heterocycles. The molecule has 1 aliphatic heterocycles. The van der Waals surface area contributed by atoms with Crippen LogP contribution < -0.4 is 10.1 Å². The van der Waals surface area contributed by atoms with Gasteiger partial charge in [0.1, 0.15) is 23.2 Å². The molecule has 1 fully saturated rings. The van der Waals surface area contributed by atoms with Crippen molar-refractivity contribution in [2.75, 3.05) is 0 Å². The first-order valence-corrected chi connectivity index (χ1v) is 9.65. The molecule has 1 saturated heterocycles. The third-order valence-electron chi connectivity index (χ3n) is 3.96. The minimum atomic E-state index is -1.14. The first-order chi connectivity index (χ1) is 14.4. The van der Waals surface area contributed by atoms with Gasteiger partial charge in [-0.2, -0.15) is 5.10 Å². The number of amidine groups is 1. The maximum Gasteiger partial charge on any atom is 0.339 e. The number of hydrogen-bond acceptors (Lipinski definition) is 7. The van der Waals surface area contributed by atoms with Crippen molar-refractivity contribution in [2.45, 2.75) is 18.3 Å². The molecule has 0 saturated carbocycles. The number of aromatic carboxylic acids is 1. The van der Waals surface area contributed by atoms with Gasteiger partial charge in [0.25, 0.3) is 0 Å². The molecule has 3 N–H and O–H groups in total. The van der Waals surface area contributed by atoms with E-state index in [4.69, 9.17) is 9.84 Å². The van der Waals surface area contributed by atoms with Crippen LogP contribution in [-0.4, -0.2) is 44.7 Å². The van der Waals surface area contributed by atoms with E-state index in [0.29, 0.717) is 5.56 Å². The van der Waals surface area contributed by atoms with Gasteiger partial charge >= 0.3 is 11.9 Å². The van der Waals surface area contributed by atoms with Crippen molar-refractivity contribution in [1.29, 1.82) is 0 Å². The van der Waals surface area contributed by atoms with Crippen molar-refractivity contribution in [2.24, 2.45) is 10.2 Å². The van der Waals surface area contributed by atoms with Gasteiger partial charge in [-0.05, 0) is 29.3 Å². The molecule has 2 aromatic rings. The molecule has 0 aliphatic carbocycles. The normalized spacial score (nSPS) is 17.3. The lowest BCUT2D eigenvalue weighted by molar-refractivity contribution is -0.138. The van der Waals surface area contributed by atoms with Crippen molar-refractivity contribution in [1.82, 2.24) is 5.32 Å². The Hall–Kier alpha value is -3.66. The summed E-state index contributed by atoms with van der Waals surface area (Å²) in [4.78, 5) is 34.0. The minimum Gasteiger partial charge on any atom is -0.488 e. The van der Waals surface area contributed by atoms with E-state index in [1.54, 1.807) is 6.07 Å². The van der Waals surface area contributed by atoms with Gasteiger partial charge in [0.05, 0.1) is 12.6 Å². The number of hydrogen-bond donors (Lipinski definition) is 3. The molecule has 0 aromatic heterocycles. The second-order valence-electron chi connectivity index (χ2n) is 6.18. The van der Waals surface area contributed by atoms with Gasteiger partial charge in [0, 0.05) is 0 Å². The lowest BCUT2D eigenvalue weighted by Gasteiger charge is -2.09. The van der Waals surface area contributed by atoms with Gasteiger partial charge < -0.3 is 20.3 Å². The highest BCUT2D eigenvalue weighted by Gasteiger charge is 2.32. The van der Waals surface area contributed by atoms with E-state index < -0.39 is 23.1 Å². The lowest BCUT2D eigenvalue weighted by atomic mass is 10.1. The van der Waals surface area contributed by atoms with E-state index in [0.717, 1.165) is 17.3 Å². The fourth-order valence-electron chi connectivity index (χ4n) is 2.55. The van der Waals surface area contributed by atoms with Gasteiger partial charge in [-0.25, -0.2) is 4.79 Å². The summed E-state index contributed by atoms with van der Waals surface area (Å²) in [7, 11) is 0. The molecule has 9 nitrogen and oxygen atoms in total. The molecule has 0 radical (unpaired) electrons. The number of carboxylic acid groups (broad SMARTS) is 2. The van der Waals surface area contributed by atoms with E-state index in [1.165, 1.54) is 18.3 Å². The summed E-state index contributed by atoms with van der Waals surface area (Å²) in [6.07, 6.45) is 1.02. The molecular weight excluding hydrogens is 410 g/mol. The van der Waals surface area contributed by atoms with Gasteiger partial charge in [-0.3, -0.25) is 9.59 Å². The van der Waals surface area contributed by atoms with Crippen LogP contribution >= 0.6 is 11.8 Å². The standard InChI is InChI=1S/C20H17N3O6S/c24-17(25)9-16-18(26)22-20(30-16)23-21-10-13-6-7-15(14(8-13)19(27)28)29-11-12-4-2-1-3-5-12/h1-8,10,16H,9,11H2,(H,24,25)(H,27,28)(H,22,23,26). The molecular formula is C20H17N3O6S. The average molecular weight is 427 g/mol. The molecule has 1 amide bonds. The summed E-state index contributed by atoms with van der Waals surface area (Å²) in [6, 6.07) is 13.9. The minimum absolute atomic E-state index is 0.0207. The molecule has 30 heavy (non-hydrogen) atoms. The SMILES string of the molecule is O=C(O)CC1SC(=NN=Cc2ccc(OCc3ccccc3)c(C(=O)O)c2)NC1=O. The molecule has 10 heteroatoms. The summed E-state index contributed by atoms with van der Waals surface area (Å²) in [5.41, 5.74) is 1.36. The number of carbonyl (C=O) groups excluding carboxylic acids is 1. The van der Waals surface area contributed by atoms with Crippen LogP contribution in [0.3, 0.4) is 0 Å². The summed E-state index contributed by atoms with van der Waals surface area (Å²) in [6.45, 7) is 0.233. The van der Waals surface area contributed by atoms with Crippen molar-refractivity contribution in [3.05, 3.63) is 65.2 Å². The maximum absolute atomic E-state index is 11.7. The zero-order valence-corrected chi connectivity index (χ0v) is 16.3. The number of carboxylic acids is 2. The predicted octanol–water partition coefficient (Wildman–Crippen LogP) is 2.36. The van der Waals surface area contributed by atoms with Gasteiger partial charge in [0.15, 0.2) is 5.17 Å². The van der Waals surface area contributed by atoms with Gasteiger partial charge in [-0.15, -0.1) is 5.10 Å². The number of carbonyl (C=O) groups is 3. The zero-order chi connectivity index (χ0) is 21.5. The van der Waals surface area contributed by atoms with E-state index in [1.807, 2.05) is 30.3 Å². The summed E-state index contributed by atoms with van der Waals surface area (Å²) in [5, 5.41) is 27.8. The quantitative estimate of drug-likeness (QED) is 0.434. The first-order valence-electron chi connectivity index (χ1n) is 8.77. The number of nitrogens with one attached hydrogen (secondary N) is 1. The maximum atomic E-state index is 11.7. The molecule has 1 atom stereocenters. The van der Waals surface area contributed by atoms with Crippen molar-refractivity contribution in [3.8, 4) is 5.75 Å². The lowest BCUT2D eigenvalue weighted by Crippen LogP contribution is -2.26. The average Bonchev–Trinajstić information content (AvgIpc) is 3.06. The Balaban J connectivity index is 1.68. The largest absolute Gasteiger partial charge is 0.488 e. The van der Waals surface area contributed by atoms with Crippen molar-refractivity contribution < 1.29 is 29.3 Å². The van der Waals surface area contributed by atoms with Crippen LogP contribution in [0.2, 0.25) is 0 Å². The molecule has 0 spiro atoms. The van der Waals surface area contributed by atoms with Crippen LogP contribution in [0.4, 0.5) is 0 Å². The Morgan fingerprint density at radius 3 is 2.63 bits per heavy atom. The third-order valence-corrected chi connectivity index (χ3v) is 5.04. The monoisotopic (exact) mass is 427 g/mol. The van der Waals surface area contributed by atoms with Crippen LogP contribution in [0.1, 0.15) is 27.9 Å². The van der Waals surface area contributed by atoms with E-state index in [-0.39, 0.29) is 29.5 Å². The summed E-state index contributed by atoms with van der Waals surface area (Å²) < 4.78 is 5.63. The predicted molar refractivity (Wildman–Crippen MR) is 111 cm³/mol. The van der Waals surface area contributed by atoms with E-state index >= 15 is 0 Å². The molecule has 154 valence electrons. The number of rotatable bonds is 8. The van der Waals surface area contributed by atoms with Crippen LogP contribution in [0, 0.1) is 0 Å². The third kappa shape index (κ3) is 5.67. The van der Waals surface area contributed by atoms with Gasteiger partial charge in [-0.1, -0.05) is 42.1 Å². The number of nitrogens with zero attached hydrogens (tertiary/aromatic N) is 2. The molecule has 3 rings (SSSR count). The Kier molecular flexibility index (Phi) is 6.81. The highest BCUT2D eigenvalue weighted by Crippen LogP contribution is 2.23. The molecule has 0 bridgehead atoms. The Bertz CT molecular complexity index is 1020. The second-order valence-corrected chi connectivity index (χ2v) is 7.37. The Labute approximate surface area is 175 Å². The van der Waals surface area contributed by atoms with Crippen LogP contribution in [0.15, 0.2) is 58.7 Å². The number of benzene rings is 2. The topological polar surface area (TPSA) is 138 Å². The number of aliphatic carboxylic acids is 1. The van der Waals surface area contributed by atoms with Crippen molar-refractivity contribution in [3.63, 3.8) is 0 Å². The molecule has 1 aliphatic rings. The van der Waals surface area contributed by atoms with Gasteiger partial charge in [0.2, 0.25) is 5.91 Å². The highest BCUT2D eigenvalue weighted by atomic mass is 32.2. The molecule has 1 unspecified atom stereocenters. The fourth-order valence-corrected chi connectivity index (χ4v) is 3.46. The number of amides is 1. The van der Waals surface area contributed by atoms with Crippen molar-refractivity contribution >= 4 is 41.0 Å². The smallest absolute Gasteiger partial charge is 0.339 e. The fraction of sp³-hybridized carbons (Fsp3) is 0.150. The Morgan fingerprint density at radius 2 is 1.93 bits per heavy atom. The Morgan fingerprint density at radius 1 is 1.17 bits per heavy atom. The van der Waals surface area contributed by atoms with E-state index in [2.05, 4.69) is 15.5 Å². The highest BCUT2D eigenvalue weighted by molar-refractivity contribution is 8.15. The van der Waals surface area contributed by atoms with Crippen LogP contribution in [0.25, 0.3) is 0 Å². The summed E-state index contributed by atoms with van der Waals surface area (Å²) in [5.74, 6) is -2.44. The number of ether oxygens (including phenoxy) is 1. The zero-order valence-electron chi connectivity index (χ0n) is 15.5. The van der Waals surface area contributed by atoms with Crippen LogP contribution in [-0.2, 0) is 16.2 Å².